The van der Waals surface area contributed by atoms with Crippen molar-refractivity contribution in [2.24, 2.45) is 0 Å². The van der Waals surface area contributed by atoms with Gasteiger partial charge in [-0.15, -0.1) is 11.3 Å². The second-order valence-electron chi connectivity index (χ2n) is 6.17. The first kappa shape index (κ1) is 20.3. The van der Waals surface area contributed by atoms with Gasteiger partial charge < -0.3 is 13.9 Å². The highest BCUT2D eigenvalue weighted by Gasteiger charge is 2.15. The number of aromatic nitrogens is 1. The van der Waals surface area contributed by atoms with E-state index in [1.165, 1.54) is 36.7 Å². The predicted molar refractivity (Wildman–Crippen MR) is 111 cm³/mol. The second kappa shape index (κ2) is 8.74. The molecule has 0 aliphatic carbocycles. The number of thiazole rings is 1. The molecule has 0 spiro atoms. The highest BCUT2D eigenvalue weighted by Crippen LogP contribution is 2.33. The summed E-state index contributed by atoms with van der Waals surface area (Å²) in [4.78, 5) is 28.3. The molecular weight excluding hydrogens is 392 g/mol. The Morgan fingerprint density at radius 3 is 2.72 bits per heavy atom. The van der Waals surface area contributed by atoms with Gasteiger partial charge in [-0.2, -0.15) is 0 Å². The number of anilines is 1. The molecule has 0 atom stereocenters. The Kier molecular flexibility index (Phi) is 6.13. The number of nitrogens with zero attached hydrogens (tertiary/aromatic N) is 1. The molecule has 0 saturated heterocycles. The van der Waals surface area contributed by atoms with Crippen LogP contribution in [-0.4, -0.2) is 31.1 Å². The van der Waals surface area contributed by atoms with Crippen molar-refractivity contribution in [3.63, 3.8) is 0 Å². The molecule has 0 unspecified atom stereocenters. The Morgan fingerprint density at radius 2 is 2.00 bits per heavy atom. The third kappa shape index (κ3) is 4.72. The Balaban J connectivity index is 1.70. The molecule has 0 fully saturated rings. The van der Waals surface area contributed by atoms with E-state index in [2.05, 4.69) is 15.0 Å². The number of nitrogens with one attached hydrogen (secondary N) is 1. The normalized spacial score (nSPS) is 10.9. The molecule has 29 heavy (non-hydrogen) atoms. The average Bonchev–Trinajstić information content (AvgIpc) is 3.32. The van der Waals surface area contributed by atoms with Gasteiger partial charge in [0.2, 0.25) is 5.91 Å². The van der Waals surface area contributed by atoms with E-state index < -0.39 is 5.97 Å². The van der Waals surface area contributed by atoms with E-state index >= 15 is 0 Å². The fraction of sp³-hybridized carbons (Fsp3) is 0.190. The number of ether oxygens (including phenoxy) is 2. The summed E-state index contributed by atoms with van der Waals surface area (Å²) < 4.78 is 15.5. The zero-order valence-electron chi connectivity index (χ0n) is 16.4. The molecule has 1 amide bonds. The summed E-state index contributed by atoms with van der Waals surface area (Å²) in [7, 11) is 2.91. The third-order valence-corrected chi connectivity index (χ3v) is 4.86. The van der Waals surface area contributed by atoms with Gasteiger partial charge >= 0.3 is 5.97 Å². The quantitative estimate of drug-likeness (QED) is 0.475. The molecule has 2 heterocycles. The summed E-state index contributed by atoms with van der Waals surface area (Å²) in [6.07, 6.45) is 2.79. The highest BCUT2D eigenvalue weighted by atomic mass is 32.1. The van der Waals surface area contributed by atoms with Crippen LogP contribution in [0.2, 0.25) is 0 Å². The van der Waals surface area contributed by atoms with Gasteiger partial charge in [0.1, 0.15) is 22.8 Å². The predicted octanol–water partition coefficient (Wildman–Crippen LogP) is 4.47. The maximum absolute atomic E-state index is 12.2. The molecule has 1 aromatic carbocycles. The van der Waals surface area contributed by atoms with E-state index in [9.17, 15) is 9.59 Å². The number of rotatable bonds is 6. The minimum atomic E-state index is -0.489. The lowest BCUT2D eigenvalue weighted by Crippen LogP contribution is -2.07. The van der Waals surface area contributed by atoms with Crippen LogP contribution < -0.4 is 10.1 Å². The number of amides is 1. The summed E-state index contributed by atoms with van der Waals surface area (Å²) in [6.45, 7) is 3.64. The minimum absolute atomic E-state index is 0.323. The Morgan fingerprint density at radius 1 is 1.21 bits per heavy atom. The Labute approximate surface area is 172 Å². The van der Waals surface area contributed by atoms with Crippen LogP contribution in [0, 0.1) is 13.8 Å². The number of hydrogen-bond donors (Lipinski definition) is 1. The number of benzene rings is 1. The van der Waals surface area contributed by atoms with Crippen LogP contribution in [0.25, 0.3) is 17.3 Å². The van der Waals surface area contributed by atoms with E-state index in [-0.39, 0.29) is 5.91 Å². The zero-order valence-corrected chi connectivity index (χ0v) is 17.3. The summed E-state index contributed by atoms with van der Waals surface area (Å²) >= 11 is 1.32. The monoisotopic (exact) mass is 412 g/mol. The number of esters is 1. The highest BCUT2D eigenvalue weighted by molar-refractivity contribution is 7.14. The van der Waals surface area contributed by atoms with Crippen LogP contribution in [0.15, 0.2) is 40.1 Å². The summed E-state index contributed by atoms with van der Waals surface area (Å²) in [5, 5.41) is 5.04. The van der Waals surface area contributed by atoms with E-state index in [1.54, 1.807) is 14.0 Å². The van der Waals surface area contributed by atoms with Crippen molar-refractivity contribution in [3.8, 4) is 17.0 Å². The fourth-order valence-corrected chi connectivity index (χ4v) is 3.40. The first-order chi connectivity index (χ1) is 13.9. The van der Waals surface area contributed by atoms with Crippen LogP contribution in [-0.2, 0) is 9.53 Å². The van der Waals surface area contributed by atoms with Crippen LogP contribution in [0.5, 0.6) is 5.75 Å². The summed E-state index contributed by atoms with van der Waals surface area (Å²) in [5.74, 6) is 0.664. The number of carbonyl (C=O) groups excluding carboxylic acids is 2. The molecule has 0 aliphatic heterocycles. The molecule has 0 bridgehead atoms. The van der Waals surface area contributed by atoms with Crippen molar-refractivity contribution in [1.29, 1.82) is 0 Å². The molecule has 3 aromatic rings. The summed E-state index contributed by atoms with van der Waals surface area (Å²) in [5.41, 5.74) is 2.99. The van der Waals surface area contributed by atoms with E-state index in [0.717, 1.165) is 16.8 Å². The van der Waals surface area contributed by atoms with Gasteiger partial charge in [-0.3, -0.25) is 10.1 Å². The van der Waals surface area contributed by atoms with E-state index in [0.29, 0.717) is 28.0 Å². The SMILES string of the molecule is COC(=O)c1cc(/C=C/C(=O)Nc2nc(-c3cc(C)ccc3OC)cs2)oc1C. The number of carbonyl (C=O) groups is 2. The van der Waals surface area contributed by atoms with Crippen molar-refractivity contribution in [2.75, 3.05) is 19.5 Å². The molecule has 3 rings (SSSR count). The van der Waals surface area contributed by atoms with Crippen molar-refractivity contribution in [3.05, 3.63) is 58.4 Å². The molecule has 150 valence electrons. The summed E-state index contributed by atoms with van der Waals surface area (Å²) in [6, 6.07) is 7.36. The molecule has 0 aliphatic rings. The van der Waals surface area contributed by atoms with Gasteiger partial charge in [0.15, 0.2) is 5.13 Å². The average molecular weight is 412 g/mol. The maximum atomic E-state index is 12.2. The van der Waals surface area contributed by atoms with E-state index in [1.807, 2.05) is 30.5 Å². The van der Waals surface area contributed by atoms with Crippen LogP contribution >= 0.6 is 11.3 Å². The lowest BCUT2D eigenvalue weighted by molar-refractivity contribution is -0.111. The van der Waals surface area contributed by atoms with E-state index in [4.69, 9.17) is 9.15 Å². The van der Waals surface area contributed by atoms with Gasteiger partial charge in [-0.05, 0) is 38.1 Å². The number of furan rings is 1. The van der Waals surface area contributed by atoms with Gasteiger partial charge in [0.25, 0.3) is 0 Å². The van der Waals surface area contributed by atoms with Gasteiger partial charge in [0, 0.05) is 17.0 Å². The van der Waals surface area contributed by atoms with Gasteiger partial charge in [-0.1, -0.05) is 11.6 Å². The second-order valence-corrected chi connectivity index (χ2v) is 7.03. The molecular formula is C21H20N2O5S. The van der Waals surface area contributed by atoms with Crippen molar-refractivity contribution >= 4 is 34.4 Å². The molecule has 7 nitrogen and oxygen atoms in total. The number of hydrogen-bond acceptors (Lipinski definition) is 7. The molecule has 0 radical (unpaired) electrons. The van der Waals surface area contributed by atoms with Crippen molar-refractivity contribution in [1.82, 2.24) is 4.98 Å². The largest absolute Gasteiger partial charge is 0.496 e. The number of methoxy groups -OCH3 is 2. The Hall–Kier alpha value is -3.39. The molecule has 0 saturated carbocycles. The molecule has 1 N–H and O–H groups in total. The maximum Gasteiger partial charge on any atom is 0.341 e. The van der Waals surface area contributed by atoms with Crippen LogP contribution in [0.3, 0.4) is 0 Å². The lowest BCUT2D eigenvalue weighted by atomic mass is 10.1. The standard InChI is InChI=1S/C21H20N2O5S/c1-12-5-7-18(26-3)16(9-12)17-11-29-21(22-17)23-19(24)8-6-14-10-15(13(2)28-14)20(25)27-4/h5-11H,1-4H3,(H,22,23,24)/b8-6+. The fourth-order valence-electron chi connectivity index (χ4n) is 2.68. The van der Waals surface area contributed by atoms with Crippen LogP contribution in [0.1, 0.15) is 27.4 Å². The molecule has 8 heteroatoms. The molecule has 2 aromatic heterocycles. The van der Waals surface area contributed by atoms with Gasteiger partial charge in [-0.25, -0.2) is 9.78 Å². The lowest BCUT2D eigenvalue weighted by Gasteiger charge is -2.06. The topological polar surface area (TPSA) is 90.7 Å². The van der Waals surface area contributed by atoms with Crippen molar-refractivity contribution < 1.29 is 23.5 Å². The first-order valence-corrected chi connectivity index (χ1v) is 9.57. The number of aryl methyl sites for hydroxylation is 2. The smallest absolute Gasteiger partial charge is 0.341 e. The minimum Gasteiger partial charge on any atom is -0.496 e. The third-order valence-electron chi connectivity index (χ3n) is 4.11. The Bertz CT molecular complexity index is 1080. The van der Waals surface area contributed by atoms with Crippen LogP contribution in [0.4, 0.5) is 5.13 Å². The first-order valence-electron chi connectivity index (χ1n) is 8.69. The zero-order chi connectivity index (χ0) is 21.0. The van der Waals surface area contributed by atoms with Crippen molar-refractivity contribution in [2.45, 2.75) is 13.8 Å². The van der Waals surface area contributed by atoms with Gasteiger partial charge in [0.05, 0.1) is 19.9 Å².